The Hall–Kier alpha value is -2.82. The van der Waals surface area contributed by atoms with Crippen LogP contribution in [-0.4, -0.2) is 21.3 Å². The standard InChI is InChI=1S/C17H13N5O2S3/c18-16(14-7-4-10-25-14)27-17(20-12-5-2-1-3-6-12)21-19-11-13-8-9-15(26-13)22(23)24/h1-11,18H,(H,20,21)/b18-16?,19-11+. The van der Waals surface area contributed by atoms with Crippen molar-refractivity contribution in [2.24, 2.45) is 10.1 Å². The molecular formula is C17H13N5O2S3. The molecule has 2 N–H and O–H groups in total. The molecule has 3 aromatic rings. The summed E-state index contributed by atoms with van der Waals surface area (Å²) in [4.78, 5) is 16.3. The van der Waals surface area contributed by atoms with Crippen molar-refractivity contribution in [3.8, 4) is 0 Å². The van der Waals surface area contributed by atoms with Crippen LogP contribution >= 0.6 is 34.4 Å². The number of thiophene rings is 2. The summed E-state index contributed by atoms with van der Waals surface area (Å²) in [7, 11) is 0. The highest BCUT2D eigenvalue weighted by Crippen LogP contribution is 2.23. The fourth-order valence-corrected chi connectivity index (χ4v) is 4.05. The minimum atomic E-state index is -0.435. The average Bonchev–Trinajstić information content (AvgIpc) is 3.34. The number of thioether (sulfide) groups is 1. The first-order chi connectivity index (χ1) is 13.1. The highest BCUT2D eigenvalue weighted by Gasteiger charge is 2.10. The Bertz CT molecular complexity index is 981. The monoisotopic (exact) mass is 415 g/mol. The molecule has 0 radical (unpaired) electrons. The Balaban J connectivity index is 1.74. The Morgan fingerprint density at radius 3 is 2.67 bits per heavy atom. The van der Waals surface area contributed by atoms with E-state index in [1.54, 1.807) is 6.07 Å². The van der Waals surface area contributed by atoms with Gasteiger partial charge in [-0.05, 0) is 41.4 Å². The lowest BCUT2D eigenvalue weighted by molar-refractivity contribution is -0.380. The van der Waals surface area contributed by atoms with Gasteiger partial charge in [-0.3, -0.25) is 20.9 Å². The molecule has 0 spiro atoms. The second-order valence-electron chi connectivity index (χ2n) is 4.96. The highest BCUT2D eigenvalue weighted by atomic mass is 32.2. The van der Waals surface area contributed by atoms with E-state index in [1.807, 2.05) is 47.8 Å². The van der Waals surface area contributed by atoms with E-state index in [0.717, 1.165) is 33.7 Å². The molecule has 0 saturated carbocycles. The second kappa shape index (κ2) is 9.21. The van der Waals surface area contributed by atoms with Gasteiger partial charge in [-0.2, -0.15) is 5.10 Å². The average molecular weight is 416 g/mol. The number of benzene rings is 1. The van der Waals surface area contributed by atoms with E-state index >= 15 is 0 Å². The molecule has 0 fully saturated rings. The zero-order valence-corrected chi connectivity index (χ0v) is 16.2. The Morgan fingerprint density at radius 2 is 2.00 bits per heavy atom. The van der Waals surface area contributed by atoms with Crippen molar-refractivity contribution >= 4 is 61.5 Å². The molecule has 0 aliphatic heterocycles. The van der Waals surface area contributed by atoms with Crippen LogP contribution in [0.1, 0.15) is 9.75 Å². The lowest BCUT2D eigenvalue weighted by atomic mass is 10.3. The van der Waals surface area contributed by atoms with Gasteiger partial charge in [0.15, 0.2) is 5.17 Å². The van der Waals surface area contributed by atoms with Gasteiger partial charge in [0.05, 0.1) is 26.6 Å². The maximum atomic E-state index is 10.7. The number of hydrogen-bond acceptors (Lipinski definition) is 8. The van der Waals surface area contributed by atoms with Gasteiger partial charge in [0, 0.05) is 6.07 Å². The molecule has 10 heteroatoms. The summed E-state index contributed by atoms with van der Waals surface area (Å²) in [6.45, 7) is 0. The van der Waals surface area contributed by atoms with Crippen molar-refractivity contribution < 1.29 is 4.92 Å². The molecule has 0 bridgehead atoms. The molecule has 0 saturated heterocycles. The van der Waals surface area contributed by atoms with Crippen LogP contribution < -0.4 is 5.43 Å². The summed E-state index contributed by atoms with van der Waals surface area (Å²) in [5, 5.41) is 25.8. The van der Waals surface area contributed by atoms with Crippen LogP contribution in [0, 0.1) is 15.5 Å². The van der Waals surface area contributed by atoms with Crippen LogP contribution in [0.5, 0.6) is 0 Å². The molecule has 3 rings (SSSR count). The van der Waals surface area contributed by atoms with Crippen molar-refractivity contribution in [2.75, 3.05) is 0 Å². The third-order valence-corrected chi connectivity index (χ3v) is 5.86. The SMILES string of the molecule is N=C(SC(=Nc1ccccc1)N/N=C/c1ccc([N+](=O)[O-])s1)c1cccs1. The van der Waals surface area contributed by atoms with E-state index in [2.05, 4.69) is 15.5 Å². The largest absolute Gasteiger partial charge is 0.324 e. The van der Waals surface area contributed by atoms with Gasteiger partial charge in [0.25, 0.3) is 0 Å². The molecule has 0 amide bonds. The van der Waals surface area contributed by atoms with Crippen molar-refractivity contribution in [3.63, 3.8) is 0 Å². The van der Waals surface area contributed by atoms with Crippen molar-refractivity contribution in [1.29, 1.82) is 5.41 Å². The zero-order valence-electron chi connectivity index (χ0n) is 13.7. The maximum Gasteiger partial charge on any atom is 0.324 e. The molecule has 136 valence electrons. The van der Waals surface area contributed by atoms with E-state index in [9.17, 15) is 10.1 Å². The number of rotatable bonds is 5. The number of nitro groups is 1. The summed E-state index contributed by atoms with van der Waals surface area (Å²) < 4.78 is 0. The minimum Gasteiger partial charge on any atom is -0.292 e. The summed E-state index contributed by atoms with van der Waals surface area (Å²) >= 11 is 3.67. The number of aliphatic imine (C=N–C) groups is 1. The molecule has 27 heavy (non-hydrogen) atoms. The number of hydrazone groups is 1. The number of nitrogens with zero attached hydrogens (tertiary/aromatic N) is 3. The van der Waals surface area contributed by atoms with Crippen LogP contribution in [0.25, 0.3) is 0 Å². The number of nitrogens with one attached hydrogen (secondary N) is 2. The molecule has 0 aliphatic carbocycles. The van der Waals surface area contributed by atoms with Crippen molar-refractivity contribution in [3.05, 3.63) is 79.8 Å². The quantitative estimate of drug-likeness (QED) is 0.262. The van der Waals surface area contributed by atoms with Gasteiger partial charge < -0.3 is 0 Å². The van der Waals surface area contributed by atoms with E-state index in [0.29, 0.717) is 15.1 Å². The second-order valence-corrected chi connectivity index (χ2v) is 8.00. The first-order valence-electron chi connectivity index (χ1n) is 7.59. The predicted octanol–water partition coefficient (Wildman–Crippen LogP) is 5.09. The van der Waals surface area contributed by atoms with Crippen LogP contribution in [0.4, 0.5) is 10.7 Å². The molecule has 2 heterocycles. The number of hydrogen-bond donors (Lipinski definition) is 2. The van der Waals surface area contributed by atoms with Gasteiger partial charge >= 0.3 is 5.00 Å². The molecule has 0 aliphatic rings. The summed E-state index contributed by atoms with van der Waals surface area (Å²) in [6, 6.07) is 16.2. The minimum absolute atomic E-state index is 0.0588. The number of para-hydroxylation sites is 1. The van der Waals surface area contributed by atoms with Crippen LogP contribution in [-0.2, 0) is 0 Å². The molecular weight excluding hydrogens is 402 g/mol. The molecule has 7 nitrogen and oxygen atoms in total. The molecule has 2 aromatic heterocycles. The third-order valence-electron chi connectivity index (χ3n) is 3.08. The summed E-state index contributed by atoms with van der Waals surface area (Å²) in [5.41, 5.74) is 3.56. The van der Waals surface area contributed by atoms with Gasteiger partial charge in [-0.15, -0.1) is 11.3 Å². The van der Waals surface area contributed by atoms with Crippen LogP contribution in [0.15, 0.2) is 70.1 Å². The summed E-state index contributed by atoms with van der Waals surface area (Å²) in [5.74, 6) is 0. The third kappa shape index (κ3) is 5.58. The van der Waals surface area contributed by atoms with E-state index in [4.69, 9.17) is 5.41 Å². The molecule has 0 unspecified atom stereocenters. The maximum absolute atomic E-state index is 10.7. The fraction of sp³-hybridized carbons (Fsp3) is 0. The van der Waals surface area contributed by atoms with Gasteiger partial charge in [0.1, 0.15) is 5.04 Å². The highest BCUT2D eigenvalue weighted by molar-refractivity contribution is 8.27. The van der Waals surface area contributed by atoms with E-state index < -0.39 is 4.92 Å². The summed E-state index contributed by atoms with van der Waals surface area (Å²) in [6.07, 6.45) is 1.49. The lowest BCUT2D eigenvalue weighted by Crippen LogP contribution is -2.16. The smallest absolute Gasteiger partial charge is 0.292 e. The molecule has 1 aromatic carbocycles. The van der Waals surface area contributed by atoms with Crippen molar-refractivity contribution in [2.45, 2.75) is 0 Å². The van der Waals surface area contributed by atoms with Gasteiger partial charge in [0.2, 0.25) is 0 Å². The fourth-order valence-electron chi connectivity index (χ4n) is 1.91. The molecule has 0 atom stereocenters. The van der Waals surface area contributed by atoms with Crippen LogP contribution in [0.3, 0.4) is 0 Å². The topological polar surface area (TPSA) is 104 Å². The van der Waals surface area contributed by atoms with E-state index in [1.165, 1.54) is 23.6 Å². The first kappa shape index (κ1) is 19.0. The zero-order chi connectivity index (χ0) is 19.1. The van der Waals surface area contributed by atoms with Crippen molar-refractivity contribution in [1.82, 2.24) is 5.43 Å². The Labute approximate surface area is 167 Å². The van der Waals surface area contributed by atoms with E-state index in [-0.39, 0.29) is 5.00 Å². The first-order valence-corrected chi connectivity index (χ1v) is 10.1. The Morgan fingerprint density at radius 1 is 1.19 bits per heavy atom. The Kier molecular flexibility index (Phi) is 6.47. The van der Waals surface area contributed by atoms with Gasteiger partial charge in [-0.25, -0.2) is 4.99 Å². The number of amidine groups is 1. The predicted molar refractivity (Wildman–Crippen MR) is 114 cm³/mol. The normalized spacial score (nSPS) is 11.6. The van der Waals surface area contributed by atoms with Gasteiger partial charge in [-0.1, -0.05) is 35.6 Å². The van der Waals surface area contributed by atoms with Crippen LogP contribution in [0.2, 0.25) is 0 Å². The lowest BCUT2D eigenvalue weighted by Gasteiger charge is -2.05.